The van der Waals surface area contributed by atoms with Crippen LogP contribution in [0.25, 0.3) is 0 Å². The van der Waals surface area contributed by atoms with E-state index in [-0.39, 0.29) is 0 Å². The average Bonchev–Trinajstić information content (AvgIpc) is 2.47. The van der Waals surface area contributed by atoms with E-state index in [1.807, 2.05) is 36.4 Å². The molecule has 1 aromatic carbocycles. The molecule has 0 atom stereocenters. The van der Waals surface area contributed by atoms with Gasteiger partial charge in [-0.05, 0) is 48.1 Å². The number of hydrogen-bond donors (Lipinski definition) is 1. The summed E-state index contributed by atoms with van der Waals surface area (Å²) in [4.78, 5) is 5.75. The number of nitrogens with two attached hydrogens (primary N) is 1. The van der Waals surface area contributed by atoms with E-state index in [1.54, 1.807) is 11.8 Å². The van der Waals surface area contributed by atoms with Crippen molar-refractivity contribution in [2.45, 2.75) is 31.2 Å². The van der Waals surface area contributed by atoms with E-state index >= 15 is 0 Å². The van der Waals surface area contributed by atoms with Gasteiger partial charge in [0.15, 0.2) is 0 Å². The summed E-state index contributed by atoms with van der Waals surface area (Å²) < 4.78 is 5.84. The van der Waals surface area contributed by atoms with Crippen LogP contribution in [0.4, 0.5) is 0 Å². The third kappa shape index (κ3) is 3.74. The minimum absolute atomic E-state index is 0.350. The second kappa shape index (κ2) is 6.77. The number of rotatable bonds is 5. The number of pyridine rings is 1. The molecular formula is C16H20N2OS. The molecule has 0 aliphatic heterocycles. The third-order valence-corrected chi connectivity index (χ3v) is 3.73. The Morgan fingerprint density at radius 2 is 1.90 bits per heavy atom. The first kappa shape index (κ1) is 14.9. The van der Waals surface area contributed by atoms with Crippen molar-refractivity contribution in [2.24, 2.45) is 5.73 Å². The lowest BCUT2D eigenvalue weighted by Gasteiger charge is -2.11. The summed E-state index contributed by atoms with van der Waals surface area (Å²) in [6.07, 6.45) is 2.05. The van der Waals surface area contributed by atoms with Gasteiger partial charge in [-0.2, -0.15) is 0 Å². The van der Waals surface area contributed by atoms with Gasteiger partial charge in [0.2, 0.25) is 5.88 Å². The molecule has 2 aromatic rings. The molecule has 0 amide bonds. The van der Waals surface area contributed by atoms with Gasteiger partial charge in [-0.25, -0.2) is 4.98 Å². The lowest BCUT2D eigenvalue weighted by Crippen LogP contribution is -2.02. The van der Waals surface area contributed by atoms with E-state index in [4.69, 9.17) is 10.5 Å². The number of aromatic nitrogens is 1. The van der Waals surface area contributed by atoms with Crippen molar-refractivity contribution in [3.05, 3.63) is 47.7 Å². The van der Waals surface area contributed by atoms with Crippen molar-refractivity contribution < 1.29 is 4.74 Å². The molecule has 0 unspecified atom stereocenters. The maximum absolute atomic E-state index is 5.84. The highest BCUT2D eigenvalue weighted by atomic mass is 32.2. The Morgan fingerprint density at radius 1 is 1.20 bits per heavy atom. The van der Waals surface area contributed by atoms with Gasteiger partial charge in [-0.1, -0.05) is 13.8 Å². The summed E-state index contributed by atoms with van der Waals surface area (Å²) in [5.74, 6) is 1.75. The lowest BCUT2D eigenvalue weighted by atomic mass is 10.1. The maximum Gasteiger partial charge on any atom is 0.219 e. The van der Waals surface area contributed by atoms with Crippen molar-refractivity contribution in [1.29, 1.82) is 0 Å². The van der Waals surface area contributed by atoms with Gasteiger partial charge in [0.1, 0.15) is 5.75 Å². The van der Waals surface area contributed by atoms with Crippen molar-refractivity contribution in [2.75, 3.05) is 6.26 Å². The Bertz CT molecular complexity index is 567. The molecule has 0 radical (unpaired) electrons. The number of nitrogens with zero attached hydrogens (tertiary/aromatic N) is 1. The molecule has 2 N–H and O–H groups in total. The van der Waals surface area contributed by atoms with Gasteiger partial charge in [-0.3, -0.25) is 0 Å². The van der Waals surface area contributed by atoms with E-state index in [2.05, 4.69) is 25.1 Å². The van der Waals surface area contributed by atoms with Crippen molar-refractivity contribution >= 4 is 11.8 Å². The highest BCUT2D eigenvalue weighted by molar-refractivity contribution is 7.98. The van der Waals surface area contributed by atoms with Gasteiger partial charge < -0.3 is 10.5 Å². The minimum Gasteiger partial charge on any atom is -0.439 e. The van der Waals surface area contributed by atoms with Crippen LogP contribution in [0.3, 0.4) is 0 Å². The summed E-state index contributed by atoms with van der Waals surface area (Å²) in [6, 6.07) is 11.9. The van der Waals surface area contributed by atoms with Crippen LogP contribution in [-0.2, 0) is 6.54 Å². The van der Waals surface area contributed by atoms with Gasteiger partial charge in [0.05, 0.1) is 0 Å². The number of thioether (sulfide) groups is 1. The zero-order valence-corrected chi connectivity index (χ0v) is 12.9. The molecule has 2 rings (SSSR count). The number of hydrogen-bond acceptors (Lipinski definition) is 4. The van der Waals surface area contributed by atoms with E-state index < -0.39 is 0 Å². The highest BCUT2D eigenvalue weighted by Gasteiger charge is 2.07. The Morgan fingerprint density at radius 3 is 2.45 bits per heavy atom. The molecule has 4 heteroatoms. The first-order valence-corrected chi connectivity index (χ1v) is 7.87. The second-order valence-electron chi connectivity index (χ2n) is 4.87. The fourth-order valence-electron chi connectivity index (χ4n) is 1.81. The van der Waals surface area contributed by atoms with Crippen LogP contribution in [-0.4, -0.2) is 11.2 Å². The van der Waals surface area contributed by atoms with Crippen LogP contribution in [0.1, 0.15) is 31.0 Å². The quantitative estimate of drug-likeness (QED) is 0.839. The second-order valence-corrected chi connectivity index (χ2v) is 5.75. The average molecular weight is 288 g/mol. The van der Waals surface area contributed by atoms with Crippen molar-refractivity contribution in [1.82, 2.24) is 4.98 Å². The van der Waals surface area contributed by atoms with Gasteiger partial charge in [0.25, 0.3) is 0 Å². The molecule has 1 aromatic heterocycles. The largest absolute Gasteiger partial charge is 0.439 e. The number of benzene rings is 1. The lowest BCUT2D eigenvalue weighted by molar-refractivity contribution is 0.458. The van der Waals surface area contributed by atoms with E-state index in [0.29, 0.717) is 18.3 Å². The minimum atomic E-state index is 0.350. The van der Waals surface area contributed by atoms with E-state index in [1.165, 1.54) is 4.90 Å². The molecule has 0 saturated carbocycles. The monoisotopic (exact) mass is 288 g/mol. The van der Waals surface area contributed by atoms with Gasteiger partial charge in [0, 0.05) is 23.2 Å². The molecule has 0 aliphatic rings. The van der Waals surface area contributed by atoms with Gasteiger partial charge in [-0.15, -0.1) is 11.8 Å². The molecule has 0 aliphatic carbocycles. The molecule has 0 fully saturated rings. The highest BCUT2D eigenvalue weighted by Crippen LogP contribution is 2.25. The van der Waals surface area contributed by atoms with Crippen LogP contribution in [0, 0.1) is 0 Å². The predicted molar refractivity (Wildman–Crippen MR) is 84.5 cm³/mol. The van der Waals surface area contributed by atoms with E-state index in [0.717, 1.165) is 17.0 Å². The summed E-state index contributed by atoms with van der Waals surface area (Å²) in [5, 5.41) is 0. The topological polar surface area (TPSA) is 48.1 Å². The molecular weight excluding hydrogens is 268 g/mol. The van der Waals surface area contributed by atoms with Crippen LogP contribution >= 0.6 is 11.8 Å². The summed E-state index contributed by atoms with van der Waals surface area (Å²) in [7, 11) is 0. The summed E-state index contributed by atoms with van der Waals surface area (Å²) in [5.41, 5.74) is 7.78. The van der Waals surface area contributed by atoms with Crippen molar-refractivity contribution in [3.63, 3.8) is 0 Å². The fourth-order valence-corrected chi connectivity index (χ4v) is 2.22. The predicted octanol–water partition coefficient (Wildman–Crippen LogP) is 4.18. The van der Waals surface area contributed by atoms with Gasteiger partial charge >= 0.3 is 0 Å². The SMILES string of the molecule is CSc1ccc(Oc2cc(CN)cc(C(C)C)n2)cc1. The summed E-state index contributed by atoms with van der Waals surface area (Å²) in [6.45, 7) is 4.71. The third-order valence-electron chi connectivity index (χ3n) is 2.99. The zero-order chi connectivity index (χ0) is 14.5. The Balaban J connectivity index is 2.24. The van der Waals surface area contributed by atoms with Crippen molar-refractivity contribution in [3.8, 4) is 11.6 Å². The van der Waals surface area contributed by atoms with E-state index in [9.17, 15) is 0 Å². The van der Waals surface area contributed by atoms with Crippen LogP contribution in [0.15, 0.2) is 41.3 Å². The standard InChI is InChI=1S/C16H20N2OS/c1-11(2)15-8-12(10-17)9-16(18-15)19-13-4-6-14(20-3)7-5-13/h4-9,11H,10,17H2,1-3H3. The first-order valence-electron chi connectivity index (χ1n) is 6.65. The Labute approximate surface area is 124 Å². The molecule has 0 bridgehead atoms. The fraction of sp³-hybridized carbons (Fsp3) is 0.312. The zero-order valence-electron chi connectivity index (χ0n) is 12.1. The normalized spacial score (nSPS) is 10.8. The molecule has 0 saturated heterocycles. The molecule has 20 heavy (non-hydrogen) atoms. The molecule has 3 nitrogen and oxygen atoms in total. The molecule has 1 heterocycles. The maximum atomic E-state index is 5.84. The molecule has 106 valence electrons. The van der Waals surface area contributed by atoms with Crippen LogP contribution in [0.2, 0.25) is 0 Å². The Hall–Kier alpha value is -1.52. The van der Waals surface area contributed by atoms with Crippen LogP contribution < -0.4 is 10.5 Å². The first-order chi connectivity index (χ1) is 9.62. The summed E-state index contributed by atoms with van der Waals surface area (Å²) >= 11 is 1.71. The number of ether oxygens (including phenoxy) is 1. The van der Waals surface area contributed by atoms with Crippen LogP contribution in [0.5, 0.6) is 11.6 Å². The smallest absolute Gasteiger partial charge is 0.219 e. The Kier molecular flexibility index (Phi) is 5.04. The molecule has 0 spiro atoms.